The van der Waals surface area contributed by atoms with Crippen LogP contribution in [0.2, 0.25) is 0 Å². The number of benzene rings is 1. The topological polar surface area (TPSA) is 120 Å². The molecule has 2 fully saturated rings. The van der Waals surface area contributed by atoms with Gasteiger partial charge >= 0.3 is 0 Å². The van der Waals surface area contributed by atoms with E-state index in [1.165, 1.54) is 25.4 Å². The van der Waals surface area contributed by atoms with Crippen molar-refractivity contribution in [1.82, 2.24) is 25.2 Å². The number of aromatic amines is 1. The first kappa shape index (κ1) is 25.1. The molecule has 3 heterocycles. The molecule has 3 aromatic rings. The maximum Gasteiger partial charge on any atom is 0.255 e. The summed E-state index contributed by atoms with van der Waals surface area (Å²) in [5, 5.41) is 12.8. The van der Waals surface area contributed by atoms with Gasteiger partial charge in [0.15, 0.2) is 0 Å². The summed E-state index contributed by atoms with van der Waals surface area (Å²) in [5.41, 5.74) is 2.45. The first-order valence-electron chi connectivity index (χ1n) is 12.6. The summed E-state index contributed by atoms with van der Waals surface area (Å²) >= 11 is 0. The number of halogens is 1. The van der Waals surface area contributed by atoms with Gasteiger partial charge in [-0.2, -0.15) is 0 Å². The van der Waals surface area contributed by atoms with Gasteiger partial charge in [-0.1, -0.05) is 13.8 Å². The van der Waals surface area contributed by atoms with Crippen LogP contribution in [0.25, 0.3) is 22.3 Å². The highest BCUT2D eigenvalue weighted by molar-refractivity contribution is 6.09. The zero-order valence-corrected chi connectivity index (χ0v) is 21.5. The predicted molar refractivity (Wildman–Crippen MR) is 136 cm³/mol. The van der Waals surface area contributed by atoms with Gasteiger partial charge in [0.25, 0.3) is 11.8 Å². The summed E-state index contributed by atoms with van der Waals surface area (Å²) in [6.45, 7) is 8.45. The molecule has 0 radical (unpaired) electrons. The molecule has 9 nitrogen and oxygen atoms in total. The summed E-state index contributed by atoms with van der Waals surface area (Å²) in [6.07, 6.45) is 2.52. The van der Waals surface area contributed by atoms with Crippen LogP contribution in [0.15, 0.2) is 24.5 Å². The lowest BCUT2D eigenvalue weighted by Crippen LogP contribution is -2.44. The Morgan fingerprint density at radius 2 is 2.08 bits per heavy atom. The van der Waals surface area contributed by atoms with Crippen LogP contribution in [-0.2, 0) is 4.79 Å². The molecular weight excluding hydrogens is 477 g/mol. The van der Waals surface area contributed by atoms with Crippen LogP contribution < -0.4 is 10.1 Å². The van der Waals surface area contributed by atoms with Crippen molar-refractivity contribution >= 4 is 22.8 Å². The molecule has 2 atom stereocenters. The molecule has 2 amide bonds. The second-order valence-electron chi connectivity index (χ2n) is 10.9. The smallest absolute Gasteiger partial charge is 0.255 e. The average Bonchev–Trinajstić information content (AvgIpc) is 3.54. The molecule has 1 saturated carbocycles. The van der Waals surface area contributed by atoms with Crippen molar-refractivity contribution in [1.29, 1.82) is 0 Å². The number of rotatable bonds is 7. The minimum Gasteiger partial charge on any atom is -0.493 e. The van der Waals surface area contributed by atoms with E-state index in [1.54, 1.807) is 17.9 Å². The van der Waals surface area contributed by atoms with Gasteiger partial charge in [-0.05, 0) is 50.8 Å². The van der Waals surface area contributed by atoms with Crippen LogP contribution in [0.1, 0.15) is 49.7 Å². The molecule has 0 bridgehead atoms. The van der Waals surface area contributed by atoms with E-state index in [0.717, 1.165) is 12.8 Å². The summed E-state index contributed by atoms with van der Waals surface area (Å²) in [6, 6.07) is 4.03. The van der Waals surface area contributed by atoms with Gasteiger partial charge in [0.2, 0.25) is 0 Å². The number of aliphatic hydroxyl groups excluding tert-OH is 1. The monoisotopic (exact) mass is 509 g/mol. The van der Waals surface area contributed by atoms with E-state index in [1.807, 2.05) is 13.8 Å². The molecule has 1 saturated heterocycles. The van der Waals surface area contributed by atoms with Crippen molar-refractivity contribution in [2.75, 3.05) is 19.7 Å². The van der Waals surface area contributed by atoms with Gasteiger partial charge < -0.3 is 25.0 Å². The first-order chi connectivity index (χ1) is 17.5. The maximum atomic E-state index is 14.3. The van der Waals surface area contributed by atoms with Crippen molar-refractivity contribution in [3.63, 3.8) is 0 Å². The Balaban J connectivity index is 1.46. The van der Waals surface area contributed by atoms with E-state index < -0.39 is 17.3 Å². The largest absolute Gasteiger partial charge is 0.493 e. The molecule has 196 valence electrons. The van der Waals surface area contributed by atoms with Gasteiger partial charge in [-0.15, -0.1) is 0 Å². The highest BCUT2D eigenvalue weighted by atomic mass is 19.1. The number of carbonyl (C=O) groups excluding carboxylic acids is 2. The fraction of sp³-hybridized carbons (Fsp3) is 0.481. The molecule has 1 aliphatic carbocycles. The number of aryl methyl sites for hydroxylation is 1. The average molecular weight is 510 g/mol. The van der Waals surface area contributed by atoms with Crippen molar-refractivity contribution in [3.05, 3.63) is 41.6 Å². The van der Waals surface area contributed by atoms with Crippen molar-refractivity contribution in [2.24, 2.45) is 11.3 Å². The molecule has 5 rings (SSSR count). The third-order valence-corrected chi connectivity index (χ3v) is 7.29. The minimum atomic E-state index is -1.10. The normalized spacial score (nSPS) is 19.7. The Labute approximate surface area is 214 Å². The highest BCUT2D eigenvalue weighted by Gasteiger charge is 2.43. The number of likely N-dealkylation sites (tertiary alicyclic amines) is 1. The van der Waals surface area contributed by atoms with Gasteiger partial charge in [0.1, 0.15) is 35.2 Å². The Kier molecular flexibility index (Phi) is 6.39. The van der Waals surface area contributed by atoms with Crippen LogP contribution in [0.5, 0.6) is 5.75 Å². The van der Waals surface area contributed by atoms with Crippen LogP contribution in [0, 0.1) is 24.1 Å². The lowest BCUT2D eigenvalue weighted by atomic mass is 9.87. The van der Waals surface area contributed by atoms with Gasteiger partial charge in [-0.3, -0.25) is 9.59 Å². The maximum absolute atomic E-state index is 14.3. The molecule has 0 unspecified atom stereocenters. The molecule has 1 aromatic carbocycles. The third-order valence-electron chi connectivity index (χ3n) is 7.29. The number of aromatic nitrogens is 3. The number of aliphatic hydroxyl groups is 1. The van der Waals surface area contributed by atoms with Crippen molar-refractivity contribution < 1.29 is 23.8 Å². The minimum absolute atomic E-state index is 0.301. The van der Waals surface area contributed by atoms with Crippen molar-refractivity contribution in [3.8, 4) is 17.0 Å². The van der Waals surface area contributed by atoms with E-state index in [0.29, 0.717) is 64.9 Å². The Bertz CT molecular complexity index is 1360. The van der Waals surface area contributed by atoms with Crippen LogP contribution in [0.3, 0.4) is 0 Å². The molecular formula is C27H32FN5O4. The molecule has 3 N–H and O–H groups in total. The Hall–Kier alpha value is -3.53. The zero-order valence-electron chi connectivity index (χ0n) is 21.5. The number of hydrogen-bond donors (Lipinski definition) is 3. The van der Waals surface area contributed by atoms with Gasteiger partial charge in [0, 0.05) is 29.8 Å². The standard InChI is InChI=1S/C27H32FN5O4/c1-14-21(25(35)32-20-10-33(12-27(20,3)4)26(36)15(2)34)23-24(31-14)22(29-13-30-23)18-9-17(28)7-8-19(18)37-11-16-5-6-16/h7-9,13,15-16,20,31,34H,5-6,10-12H2,1-4H3,(H,32,35)/t15-,20+/m0/s1. The number of H-pyrrole nitrogens is 1. The number of nitrogens with zero attached hydrogens (tertiary/aromatic N) is 3. The summed E-state index contributed by atoms with van der Waals surface area (Å²) < 4.78 is 20.3. The summed E-state index contributed by atoms with van der Waals surface area (Å²) in [7, 11) is 0. The SMILES string of the molecule is Cc1[nH]c2c(-c3cc(F)ccc3OCC3CC3)ncnc2c1C(=O)N[C@@H]1CN(C(=O)[C@H](C)O)CC1(C)C. The van der Waals surface area contributed by atoms with Crippen molar-refractivity contribution in [2.45, 2.75) is 52.7 Å². The number of ether oxygens (including phenoxy) is 1. The Morgan fingerprint density at radius 1 is 1.32 bits per heavy atom. The van der Waals surface area contributed by atoms with Gasteiger partial charge in [-0.25, -0.2) is 14.4 Å². The van der Waals surface area contributed by atoms with Crippen LogP contribution in [0.4, 0.5) is 4.39 Å². The fourth-order valence-electron chi connectivity index (χ4n) is 4.95. The number of amides is 2. The quantitative estimate of drug-likeness (QED) is 0.450. The number of fused-ring (bicyclic) bond motifs is 1. The van der Waals surface area contributed by atoms with E-state index in [2.05, 4.69) is 20.3 Å². The number of carbonyl (C=O) groups is 2. The highest BCUT2D eigenvalue weighted by Crippen LogP contribution is 2.37. The number of hydrogen-bond acceptors (Lipinski definition) is 6. The molecule has 2 aliphatic rings. The summed E-state index contributed by atoms with van der Waals surface area (Å²) in [5.74, 6) is -0.0516. The lowest BCUT2D eigenvalue weighted by molar-refractivity contribution is -0.138. The fourth-order valence-corrected chi connectivity index (χ4v) is 4.95. The molecule has 0 spiro atoms. The van der Waals surface area contributed by atoms with Crippen LogP contribution >= 0.6 is 0 Å². The molecule has 2 aromatic heterocycles. The third kappa shape index (κ3) is 4.90. The summed E-state index contributed by atoms with van der Waals surface area (Å²) in [4.78, 5) is 39.5. The van der Waals surface area contributed by atoms with Gasteiger partial charge in [0.05, 0.1) is 23.7 Å². The lowest BCUT2D eigenvalue weighted by Gasteiger charge is -2.26. The second-order valence-corrected chi connectivity index (χ2v) is 10.9. The second kappa shape index (κ2) is 9.41. The zero-order chi connectivity index (χ0) is 26.5. The molecule has 37 heavy (non-hydrogen) atoms. The predicted octanol–water partition coefficient (Wildman–Crippen LogP) is 3.21. The van der Waals surface area contributed by atoms with E-state index in [9.17, 15) is 19.1 Å². The Morgan fingerprint density at radius 3 is 2.78 bits per heavy atom. The van der Waals surface area contributed by atoms with E-state index >= 15 is 0 Å². The molecule has 1 aliphatic heterocycles. The molecule has 10 heteroatoms. The van der Waals surface area contributed by atoms with E-state index in [-0.39, 0.29) is 17.9 Å². The number of nitrogens with one attached hydrogen (secondary N) is 2. The van der Waals surface area contributed by atoms with E-state index in [4.69, 9.17) is 4.74 Å². The van der Waals surface area contributed by atoms with Crippen LogP contribution in [-0.4, -0.2) is 68.6 Å². The first-order valence-corrected chi connectivity index (χ1v) is 12.6.